The minimum Gasteiger partial charge on any atom is -0.508 e. The molecule has 21 heavy (non-hydrogen) atoms. The summed E-state index contributed by atoms with van der Waals surface area (Å²) in [5, 5.41) is 13.1. The quantitative estimate of drug-likeness (QED) is 0.786. The molecule has 2 aromatic rings. The molecule has 2 rings (SSSR count). The van der Waals surface area contributed by atoms with Gasteiger partial charge in [-0.05, 0) is 49.4 Å². The molecule has 2 aromatic carbocycles. The van der Waals surface area contributed by atoms with Crippen LogP contribution >= 0.6 is 0 Å². The second-order valence-corrected chi connectivity index (χ2v) is 5.64. The highest BCUT2D eigenvalue weighted by Gasteiger charge is 2.12. The Morgan fingerprint density at radius 1 is 1.00 bits per heavy atom. The Balaban J connectivity index is 1.87. The zero-order valence-corrected chi connectivity index (χ0v) is 12.9. The first-order valence-electron chi connectivity index (χ1n) is 7.78. The minimum absolute atomic E-state index is 0.325. The number of rotatable bonds is 7. The number of aryl methyl sites for hydroxylation is 1. The third kappa shape index (κ3) is 4.91. The van der Waals surface area contributed by atoms with Gasteiger partial charge < -0.3 is 10.4 Å². The Morgan fingerprint density at radius 3 is 2.29 bits per heavy atom. The van der Waals surface area contributed by atoms with E-state index < -0.39 is 0 Å². The van der Waals surface area contributed by atoms with Crippen molar-refractivity contribution >= 4 is 0 Å². The lowest BCUT2D eigenvalue weighted by Gasteiger charge is -2.23. The SMILES string of the molecule is CCC(NC(C)CCc1ccccc1)c1ccc(O)cc1. The van der Waals surface area contributed by atoms with E-state index in [4.69, 9.17) is 0 Å². The maximum absolute atomic E-state index is 9.38. The molecule has 0 saturated heterocycles. The van der Waals surface area contributed by atoms with Gasteiger partial charge >= 0.3 is 0 Å². The van der Waals surface area contributed by atoms with Crippen molar-refractivity contribution in [2.24, 2.45) is 0 Å². The zero-order chi connectivity index (χ0) is 15.1. The third-order valence-electron chi connectivity index (χ3n) is 3.90. The van der Waals surface area contributed by atoms with Crippen LogP contribution in [0.15, 0.2) is 54.6 Å². The summed E-state index contributed by atoms with van der Waals surface area (Å²) in [6.45, 7) is 4.43. The Bertz CT molecular complexity index is 521. The van der Waals surface area contributed by atoms with Gasteiger partial charge in [0.1, 0.15) is 5.75 Å². The third-order valence-corrected chi connectivity index (χ3v) is 3.90. The van der Waals surface area contributed by atoms with Gasteiger partial charge in [0.2, 0.25) is 0 Å². The van der Waals surface area contributed by atoms with Gasteiger partial charge in [-0.3, -0.25) is 0 Å². The molecule has 2 unspecified atom stereocenters. The molecular weight excluding hydrogens is 258 g/mol. The average molecular weight is 283 g/mol. The van der Waals surface area contributed by atoms with E-state index in [0.29, 0.717) is 17.8 Å². The molecule has 2 atom stereocenters. The predicted molar refractivity (Wildman–Crippen MR) is 88.5 cm³/mol. The number of phenols is 1. The van der Waals surface area contributed by atoms with E-state index in [2.05, 4.69) is 49.5 Å². The first-order chi connectivity index (χ1) is 10.2. The van der Waals surface area contributed by atoms with Gasteiger partial charge in [-0.25, -0.2) is 0 Å². The summed E-state index contributed by atoms with van der Waals surface area (Å²) in [6, 6.07) is 18.9. The molecule has 0 aliphatic carbocycles. The van der Waals surface area contributed by atoms with Gasteiger partial charge in [-0.15, -0.1) is 0 Å². The first kappa shape index (κ1) is 15.6. The first-order valence-corrected chi connectivity index (χ1v) is 7.78. The van der Waals surface area contributed by atoms with Crippen molar-refractivity contribution in [3.63, 3.8) is 0 Å². The standard InChI is InChI=1S/C19H25NO/c1-3-19(17-11-13-18(21)14-12-17)20-15(2)9-10-16-7-5-4-6-8-16/h4-8,11-15,19-21H,3,9-10H2,1-2H3. The van der Waals surface area contributed by atoms with Crippen LogP contribution in [0.25, 0.3) is 0 Å². The van der Waals surface area contributed by atoms with Crippen LogP contribution < -0.4 is 5.32 Å². The predicted octanol–water partition coefficient (Wildman–Crippen LogP) is 4.45. The minimum atomic E-state index is 0.325. The number of phenolic OH excluding ortho intramolecular Hbond substituents is 1. The van der Waals surface area contributed by atoms with E-state index in [1.165, 1.54) is 11.1 Å². The van der Waals surface area contributed by atoms with Gasteiger partial charge in [0, 0.05) is 12.1 Å². The van der Waals surface area contributed by atoms with Gasteiger partial charge in [0.25, 0.3) is 0 Å². The van der Waals surface area contributed by atoms with Crippen molar-refractivity contribution in [1.82, 2.24) is 5.32 Å². The number of benzene rings is 2. The molecule has 0 spiro atoms. The van der Waals surface area contributed by atoms with Crippen LogP contribution in [0.5, 0.6) is 5.75 Å². The molecule has 0 aliphatic heterocycles. The van der Waals surface area contributed by atoms with E-state index in [-0.39, 0.29) is 0 Å². The molecule has 0 bridgehead atoms. The van der Waals surface area contributed by atoms with Crippen LogP contribution in [0.3, 0.4) is 0 Å². The normalized spacial score (nSPS) is 13.8. The number of hydrogen-bond donors (Lipinski definition) is 2. The van der Waals surface area contributed by atoms with Gasteiger partial charge in [-0.2, -0.15) is 0 Å². The van der Waals surface area contributed by atoms with E-state index in [1.807, 2.05) is 12.1 Å². The Morgan fingerprint density at radius 2 is 1.67 bits per heavy atom. The van der Waals surface area contributed by atoms with E-state index in [0.717, 1.165) is 19.3 Å². The molecular formula is C19H25NO. The van der Waals surface area contributed by atoms with Crippen molar-refractivity contribution < 1.29 is 5.11 Å². The zero-order valence-electron chi connectivity index (χ0n) is 12.9. The van der Waals surface area contributed by atoms with Crippen LogP contribution in [-0.2, 0) is 6.42 Å². The molecule has 2 N–H and O–H groups in total. The largest absolute Gasteiger partial charge is 0.508 e. The summed E-state index contributed by atoms with van der Waals surface area (Å²) in [5.74, 6) is 0.325. The second-order valence-electron chi connectivity index (χ2n) is 5.64. The Kier molecular flexibility index (Phi) is 5.82. The van der Waals surface area contributed by atoms with E-state index >= 15 is 0 Å². The highest BCUT2D eigenvalue weighted by molar-refractivity contribution is 5.28. The highest BCUT2D eigenvalue weighted by Crippen LogP contribution is 2.20. The summed E-state index contributed by atoms with van der Waals surface area (Å²) in [4.78, 5) is 0. The van der Waals surface area contributed by atoms with Crippen LogP contribution in [-0.4, -0.2) is 11.1 Å². The van der Waals surface area contributed by atoms with Gasteiger partial charge in [-0.1, -0.05) is 49.4 Å². The fourth-order valence-electron chi connectivity index (χ4n) is 2.61. The fourth-order valence-corrected chi connectivity index (χ4v) is 2.61. The maximum Gasteiger partial charge on any atom is 0.115 e. The average Bonchev–Trinajstić information content (AvgIpc) is 2.52. The smallest absolute Gasteiger partial charge is 0.115 e. The number of nitrogens with one attached hydrogen (secondary N) is 1. The van der Waals surface area contributed by atoms with Crippen molar-refractivity contribution in [1.29, 1.82) is 0 Å². The molecule has 112 valence electrons. The monoisotopic (exact) mass is 283 g/mol. The molecule has 0 amide bonds. The van der Waals surface area contributed by atoms with E-state index in [1.54, 1.807) is 12.1 Å². The summed E-state index contributed by atoms with van der Waals surface area (Å²) < 4.78 is 0. The van der Waals surface area contributed by atoms with Crippen LogP contribution in [0, 0.1) is 0 Å². The number of hydrogen-bond acceptors (Lipinski definition) is 2. The molecule has 0 aliphatic rings. The molecule has 0 fully saturated rings. The summed E-state index contributed by atoms with van der Waals surface area (Å²) in [6.07, 6.45) is 3.26. The Labute approximate surface area is 127 Å². The fraction of sp³-hybridized carbons (Fsp3) is 0.368. The lowest BCUT2D eigenvalue weighted by Crippen LogP contribution is -2.30. The molecule has 0 heterocycles. The molecule has 0 saturated carbocycles. The van der Waals surface area contributed by atoms with E-state index in [9.17, 15) is 5.11 Å². The summed E-state index contributed by atoms with van der Waals surface area (Å²) in [5.41, 5.74) is 2.63. The van der Waals surface area contributed by atoms with Crippen LogP contribution in [0.2, 0.25) is 0 Å². The number of aromatic hydroxyl groups is 1. The van der Waals surface area contributed by atoms with Gasteiger partial charge in [0.15, 0.2) is 0 Å². The maximum atomic E-state index is 9.38. The van der Waals surface area contributed by atoms with Crippen molar-refractivity contribution in [3.8, 4) is 5.75 Å². The molecule has 2 nitrogen and oxygen atoms in total. The summed E-state index contributed by atoms with van der Waals surface area (Å²) >= 11 is 0. The van der Waals surface area contributed by atoms with Crippen molar-refractivity contribution in [2.45, 2.75) is 45.2 Å². The van der Waals surface area contributed by atoms with Crippen molar-refractivity contribution in [2.75, 3.05) is 0 Å². The second kappa shape index (κ2) is 7.84. The molecule has 0 radical (unpaired) electrons. The molecule has 0 aromatic heterocycles. The highest BCUT2D eigenvalue weighted by atomic mass is 16.3. The summed E-state index contributed by atoms with van der Waals surface area (Å²) in [7, 11) is 0. The molecule has 2 heteroatoms. The topological polar surface area (TPSA) is 32.3 Å². The van der Waals surface area contributed by atoms with Crippen molar-refractivity contribution in [3.05, 3.63) is 65.7 Å². The Hall–Kier alpha value is -1.80. The lowest BCUT2D eigenvalue weighted by molar-refractivity contribution is 0.426. The van der Waals surface area contributed by atoms with Gasteiger partial charge in [0.05, 0.1) is 0 Å². The van der Waals surface area contributed by atoms with Crippen LogP contribution in [0.4, 0.5) is 0 Å². The van der Waals surface area contributed by atoms with Crippen LogP contribution in [0.1, 0.15) is 43.9 Å². The lowest BCUT2D eigenvalue weighted by atomic mass is 10.0.